The van der Waals surface area contributed by atoms with E-state index in [0.29, 0.717) is 40.5 Å². The summed E-state index contributed by atoms with van der Waals surface area (Å²) in [6.07, 6.45) is 0.290. The van der Waals surface area contributed by atoms with Crippen molar-refractivity contribution in [3.8, 4) is 5.75 Å². The predicted octanol–water partition coefficient (Wildman–Crippen LogP) is 2.20. The average molecular weight is 437 g/mol. The molecule has 3 heterocycles. The molecule has 2 aromatic heterocycles. The van der Waals surface area contributed by atoms with Gasteiger partial charge in [0.05, 0.1) is 13.7 Å². The first-order valence-corrected chi connectivity index (χ1v) is 9.94. The number of methoxy groups -OCH3 is 1. The summed E-state index contributed by atoms with van der Waals surface area (Å²) in [6, 6.07) is 9.90. The van der Waals surface area contributed by atoms with Gasteiger partial charge in [-0.25, -0.2) is 9.78 Å². The highest BCUT2D eigenvalue weighted by atomic mass is 16.5. The van der Waals surface area contributed by atoms with E-state index in [1.165, 1.54) is 0 Å². The number of anilines is 1. The smallest absolute Gasteiger partial charge is 0.322 e. The maximum absolute atomic E-state index is 13.1. The Morgan fingerprint density at radius 1 is 1.31 bits per heavy atom. The molecule has 0 saturated carbocycles. The fourth-order valence-corrected chi connectivity index (χ4v) is 3.83. The summed E-state index contributed by atoms with van der Waals surface area (Å²) in [6.45, 7) is 2.20. The van der Waals surface area contributed by atoms with Crippen molar-refractivity contribution in [2.45, 2.75) is 19.0 Å². The summed E-state index contributed by atoms with van der Waals surface area (Å²) in [5, 5.41) is 7.80. The van der Waals surface area contributed by atoms with Gasteiger partial charge in [0, 0.05) is 25.2 Å². The van der Waals surface area contributed by atoms with Gasteiger partial charge in [-0.3, -0.25) is 14.9 Å². The van der Waals surface area contributed by atoms with E-state index < -0.39 is 11.6 Å². The van der Waals surface area contributed by atoms with Gasteiger partial charge in [-0.1, -0.05) is 6.07 Å². The summed E-state index contributed by atoms with van der Waals surface area (Å²) >= 11 is 0. The topological polar surface area (TPSA) is 126 Å². The molecule has 0 saturated heterocycles. The Morgan fingerprint density at radius 2 is 2.12 bits per heavy atom. The van der Waals surface area contributed by atoms with Crippen LogP contribution in [0.2, 0.25) is 0 Å². The van der Waals surface area contributed by atoms with Crippen LogP contribution >= 0.6 is 0 Å². The number of nitrogens with zero attached hydrogens (tertiary/aromatic N) is 2. The van der Waals surface area contributed by atoms with E-state index in [9.17, 15) is 14.4 Å². The fraction of sp³-hybridized carbons (Fsp3) is 0.273. The van der Waals surface area contributed by atoms with Gasteiger partial charge in [0.2, 0.25) is 6.41 Å². The van der Waals surface area contributed by atoms with Gasteiger partial charge in [-0.15, -0.1) is 0 Å². The van der Waals surface area contributed by atoms with Gasteiger partial charge in [0.15, 0.2) is 5.58 Å². The molecule has 0 radical (unpaired) electrons. The molecule has 0 bridgehead atoms. The molecule has 3 aromatic rings. The molecule has 4 amide bonds. The number of amides is 4. The van der Waals surface area contributed by atoms with Crippen LogP contribution in [0.3, 0.4) is 0 Å². The largest absolute Gasteiger partial charge is 0.497 e. The van der Waals surface area contributed by atoms with Crippen molar-refractivity contribution >= 4 is 35.3 Å². The normalized spacial score (nSPS) is 14.6. The lowest BCUT2D eigenvalue weighted by Gasteiger charge is -2.32. The van der Waals surface area contributed by atoms with E-state index in [-0.39, 0.29) is 18.9 Å². The zero-order valence-corrected chi connectivity index (χ0v) is 17.9. The molecule has 4 rings (SSSR count). The number of hydrogen-bond acceptors (Lipinski definition) is 7. The molecule has 32 heavy (non-hydrogen) atoms. The average Bonchev–Trinajstić information content (AvgIpc) is 3.34. The zero-order chi connectivity index (χ0) is 22.9. The molecule has 166 valence electrons. The molecule has 10 heteroatoms. The van der Waals surface area contributed by atoms with Gasteiger partial charge in [0.1, 0.15) is 28.4 Å². The van der Waals surface area contributed by atoms with Crippen molar-refractivity contribution in [1.82, 2.24) is 20.5 Å². The lowest BCUT2D eigenvalue weighted by atomic mass is 9.98. The number of carbonyl (C=O) groups excluding carboxylic acids is 3. The number of rotatable bonds is 7. The van der Waals surface area contributed by atoms with E-state index in [2.05, 4.69) is 20.9 Å². The number of benzene rings is 1. The molecule has 1 aliphatic heterocycles. The summed E-state index contributed by atoms with van der Waals surface area (Å²) in [7, 11) is 3.30. The molecule has 0 spiro atoms. The molecular formula is C22H23N5O5. The Balaban J connectivity index is 1.68. The number of imide groups is 1. The summed E-state index contributed by atoms with van der Waals surface area (Å²) in [5.41, 5.74) is 1.39. The standard InChI is InChI=1S/C22H23N5O5/c1-22(26-21(30)24-12-28,18-9-16-17(32-18)6-7-19(23-2)25-16)11-27-10-13-4-5-14(31-3)8-15(13)20(27)29/h4-9,12H,10-11H2,1-3H3,(H,23,25)(H2,24,26,28,30)/t22-/m0/s1. The van der Waals surface area contributed by atoms with E-state index in [4.69, 9.17) is 9.15 Å². The number of ether oxygens (including phenoxy) is 1. The highest BCUT2D eigenvalue weighted by Crippen LogP contribution is 2.33. The third-order valence-electron chi connectivity index (χ3n) is 5.46. The fourth-order valence-electron chi connectivity index (χ4n) is 3.83. The molecule has 0 fully saturated rings. The van der Waals surface area contributed by atoms with Gasteiger partial charge >= 0.3 is 6.03 Å². The zero-order valence-electron chi connectivity index (χ0n) is 17.9. The molecule has 1 aromatic carbocycles. The van der Waals surface area contributed by atoms with Crippen molar-refractivity contribution in [1.29, 1.82) is 0 Å². The second-order valence-corrected chi connectivity index (χ2v) is 7.67. The monoisotopic (exact) mass is 437 g/mol. The van der Waals surface area contributed by atoms with Crippen LogP contribution in [-0.2, 0) is 16.9 Å². The van der Waals surface area contributed by atoms with Gasteiger partial charge in [-0.2, -0.15) is 0 Å². The Labute approximate surface area is 183 Å². The van der Waals surface area contributed by atoms with Crippen molar-refractivity contribution in [2.75, 3.05) is 26.0 Å². The number of fused-ring (bicyclic) bond motifs is 2. The first kappa shape index (κ1) is 21.2. The first-order chi connectivity index (χ1) is 15.4. The second kappa shape index (κ2) is 8.22. The Bertz CT molecular complexity index is 1210. The maximum Gasteiger partial charge on any atom is 0.322 e. The molecule has 3 N–H and O–H groups in total. The molecular weight excluding hydrogens is 414 g/mol. The highest BCUT2D eigenvalue weighted by Gasteiger charge is 2.39. The molecule has 1 aliphatic rings. The minimum atomic E-state index is -1.14. The Hall–Kier alpha value is -4.08. The number of pyridine rings is 1. The van der Waals surface area contributed by atoms with Crippen LogP contribution in [0.25, 0.3) is 11.1 Å². The predicted molar refractivity (Wildman–Crippen MR) is 116 cm³/mol. The molecule has 0 aliphatic carbocycles. The number of urea groups is 1. The maximum atomic E-state index is 13.1. The Kier molecular flexibility index (Phi) is 5.43. The summed E-state index contributed by atoms with van der Waals surface area (Å²) in [5.74, 6) is 1.47. The quantitative estimate of drug-likeness (QED) is 0.484. The van der Waals surface area contributed by atoms with E-state index >= 15 is 0 Å². The minimum Gasteiger partial charge on any atom is -0.497 e. The number of carbonyl (C=O) groups is 3. The van der Waals surface area contributed by atoms with Crippen LogP contribution in [0.15, 0.2) is 40.8 Å². The van der Waals surface area contributed by atoms with Crippen molar-refractivity contribution in [3.63, 3.8) is 0 Å². The molecule has 0 unspecified atom stereocenters. The molecule has 10 nitrogen and oxygen atoms in total. The Morgan fingerprint density at radius 3 is 2.84 bits per heavy atom. The minimum absolute atomic E-state index is 0.105. The third-order valence-corrected chi connectivity index (χ3v) is 5.46. The van der Waals surface area contributed by atoms with Crippen LogP contribution in [0, 0.1) is 0 Å². The van der Waals surface area contributed by atoms with Crippen LogP contribution in [0.1, 0.15) is 28.6 Å². The van der Waals surface area contributed by atoms with Crippen molar-refractivity contribution in [2.24, 2.45) is 0 Å². The summed E-state index contributed by atoms with van der Waals surface area (Å²) < 4.78 is 11.2. The van der Waals surface area contributed by atoms with Crippen molar-refractivity contribution in [3.05, 3.63) is 53.3 Å². The number of nitrogens with one attached hydrogen (secondary N) is 3. The number of hydrogen-bond donors (Lipinski definition) is 3. The van der Waals surface area contributed by atoms with Gasteiger partial charge in [-0.05, 0) is 36.8 Å². The van der Waals surface area contributed by atoms with Crippen molar-refractivity contribution < 1.29 is 23.5 Å². The van der Waals surface area contributed by atoms with Crippen LogP contribution < -0.4 is 20.7 Å². The molecule has 1 atom stereocenters. The second-order valence-electron chi connectivity index (χ2n) is 7.67. The SMILES string of the molecule is CNc1ccc2oc([C@](C)(CN3Cc4ccc(OC)cc4C3=O)NC(=O)NC=O)cc2n1. The first-order valence-electron chi connectivity index (χ1n) is 9.94. The summed E-state index contributed by atoms with van der Waals surface area (Å²) in [4.78, 5) is 42.2. The lowest BCUT2D eigenvalue weighted by molar-refractivity contribution is -0.108. The van der Waals surface area contributed by atoms with E-state index in [1.807, 2.05) is 6.07 Å². The van der Waals surface area contributed by atoms with Gasteiger partial charge < -0.3 is 24.7 Å². The number of furan rings is 1. The number of aromatic nitrogens is 1. The van der Waals surface area contributed by atoms with E-state index in [1.54, 1.807) is 56.3 Å². The van der Waals surface area contributed by atoms with Crippen LogP contribution in [0.5, 0.6) is 5.75 Å². The third kappa shape index (κ3) is 3.82. The van der Waals surface area contributed by atoms with Gasteiger partial charge in [0.25, 0.3) is 5.91 Å². The van der Waals surface area contributed by atoms with Crippen LogP contribution in [-0.4, -0.2) is 48.9 Å². The van der Waals surface area contributed by atoms with E-state index in [0.717, 1.165) is 5.56 Å². The van der Waals surface area contributed by atoms with Crippen LogP contribution in [0.4, 0.5) is 10.6 Å². The highest BCUT2D eigenvalue weighted by molar-refractivity contribution is 5.99. The lowest BCUT2D eigenvalue weighted by Crippen LogP contribution is -2.53.